The van der Waals surface area contributed by atoms with E-state index in [0.717, 1.165) is 6.54 Å². The maximum absolute atomic E-state index is 12.5. The molecule has 2 aliphatic rings. The number of hydrogen-bond acceptors (Lipinski definition) is 7. The van der Waals surface area contributed by atoms with Crippen molar-refractivity contribution in [2.75, 3.05) is 39.3 Å². The van der Waals surface area contributed by atoms with Crippen molar-refractivity contribution in [3.63, 3.8) is 0 Å². The van der Waals surface area contributed by atoms with Crippen LogP contribution in [0.5, 0.6) is 0 Å². The molecule has 0 atom stereocenters. The number of carbonyl (C=O) groups is 3. The Morgan fingerprint density at radius 2 is 1.73 bits per heavy atom. The number of nitrogens with zero attached hydrogens (tertiary/aromatic N) is 3. The summed E-state index contributed by atoms with van der Waals surface area (Å²) < 4.78 is 30.5. The van der Waals surface area contributed by atoms with Gasteiger partial charge in [-0.15, -0.1) is 0 Å². The number of carbonyl (C=O) groups excluding carboxylic acids is 3. The Labute approximate surface area is 192 Å². The molecule has 0 aromatic heterocycles. The third-order valence-electron chi connectivity index (χ3n) is 5.76. The molecule has 0 spiro atoms. The van der Waals surface area contributed by atoms with Crippen LogP contribution in [0.25, 0.3) is 0 Å². The van der Waals surface area contributed by atoms with Crippen LogP contribution in [-0.2, 0) is 30.9 Å². The lowest BCUT2D eigenvalue weighted by atomic mass is 10.1. The van der Waals surface area contributed by atoms with Crippen LogP contribution in [0, 0.1) is 6.92 Å². The molecular formula is C23H25N3O6S. The molecule has 0 saturated carbocycles. The van der Waals surface area contributed by atoms with Crippen molar-refractivity contribution in [2.45, 2.75) is 18.4 Å². The molecule has 1 fully saturated rings. The zero-order chi connectivity index (χ0) is 23.6. The lowest BCUT2D eigenvalue weighted by Crippen LogP contribution is -2.49. The molecule has 0 aliphatic carbocycles. The summed E-state index contributed by atoms with van der Waals surface area (Å²) in [6, 6.07) is 14.1. The van der Waals surface area contributed by atoms with Gasteiger partial charge in [-0.1, -0.05) is 42.0 Å². The largest absolute Gasteiger partial charge is 0.454 e. The van der Waals surface area contributed by atoms with Gasteiger partial charge in [-0.2, -0.15) is 0 Å². The number of esters is 1. The molecule has 0 N–H and O–H groups in total. The molecule has 2 aromatic carbocycles. The second-order valence-electron chi connectivity index (χ2n) is 8.12. The van der Waals surface area contributed by atoms with Crippen molar-refractivity contribution >= 4 is 27.8 Å². The number of rotatable bonds is 6. The minimum atomic E-state index is -4.10. The van der Waals surface area contributed by atoms with Crippen molar-refractivity contribution in [1.82, 2.24) is 14.1 Å². The molecular weight excluding hydrogens is 446 g/mol. The molecule has 9 nitrogen and oxygen atoms in total. The summed E-state index contributed by atoms with van der Waals surface area (Å²) in [6.45, 7) is 4.01. The van der Waals surface area contributed by atoms with Crippen LogP contribution < -0.4 is 0 Å². The van der Waals surface area contributed by atoms with E-state index >= 15 is 0 Å². The van der Waals surface area contributed by atoms with Gasteiger partial charge in [0.15, 0.2) is 6.61 Å². The average molecular weight is 472 g/mol. The summed E-state index contributed by atoms with van der Waals surface area (Å²) in [6.07, 6.45) is 0. The number of fused-ring (bicyclic) bond motifs is 1. The number of piperazine rings is 1. The first-order valence-electron chi connectivity index (χ1n) is 10.6. The summed E-state index contributed by atoms with van der Waals surface area (Å²) in [4.78, 5) is 40.8. The Morgan fingerprint density at radius 1 is 1.00 bits per heavy atom. The van der Waals surface area contributed by atoms with Crippen LogP contribution in [0.1, 0.15) is 21.5 Å². The van der Waals surface area contributed by atoms with E-state index < -0.39 is 35.1 Å². The van der Waals surface area contributed by atoms with Gasteiger partial charge in [-0.25, -0.2) is 12.7 Å². The van der Waals surface area contributed by atoms with Gasteiger partial charge in [0.1, 0.15) is 11.4 Å². The van der Waals surface area contributed by atoms with E-state index in [1.807, 2.05) is 6.07 Å². The molecule has 2 amide bonds. The highest BCUT2D eigenvalue weighted by Gasteiger charge is 2.42. The standard InChI is InChI=1S/C23H25N3O6S/c1-17-5-4-6-18(13-17)14-24-9-11-25(12-10-24)21(27)16-32-22(28)15-26-23(29)19-7-2-3-8-20(19)33(26,30)31/h2-8,13H,9-12,14-16H2,1H3. The molecule has 0 radical (unpaired) electrons. The van der Waals surface area contributed by atoms with Gasteiger partial charge in [0.05, 0.1) is 5.56 Å². The number of aryl methyl sites for hydroxylation is 1. The normalized spacial score (nSPS) is 17.7. The smallest absolute Gasteiger partial charge is 0.327 e. The number of hydrogen-bond donors (Lipinski definition) is 0. The summed E-state index contributed by atoms with van der Waals surface area (Å²) in [5, 5.41) is 0. The zero-order valence-electron chi connectivity index (χ0n) is 18.3. The molecule has 1 saturated heterocycles. The quantitative estimate of drug-likeness (QED) is 0.580. The maximum Gasteiger partial charge on any atom is 0.327 e. The second-order valence-corrected chi connectivity index (χ2v) is 9.95. The molecule has 174 valence electrons. The molecule has 10 heteroatoms. The fourth-order valence-electron chi connectivity index (χ4n) is 4.01. The summed E-state index contributed by atoms with van der Waals surface area (Å²) >= 11 is 0. The third-order valence-corrected chi connectivity index (χ3v) is 7.54. The fraction of sp³-hybridized carbons (Fsp3) is 0.348. The van der Waals surface area contributed by atoms with Crippen molar-refractivity contribution in [3.05, 3.63) is 65.2 Å². The third kappa shape index (κ3) is 4.91. The Morgan fingerprint density at radius 3 is 2.42 bits per heavy atom. The van der Waals surface area contributed by atoms with E-state index in [9.17, 15) is 22.8 Å². The van der Waals surface area contributed by atoms with Gasteiger partial charge >= 0.3 is 5.97 Å². The summed E-state index contributed by atoms with van der Waals surface area (Å²) in [5.41, 5.74) is 2.44. The number of sulfonamides is 1. The van der Waals surface area contributed by atoms with Crippen LogP contribution >= 0.6 is 0 Å². The predicted octanol–water partition coefficient (Wildman–Crippen LogP) is 1.03. The Balaban J connectivity index is 1.24. The molecule has 0 unspecified atom stereocenters. The SMILES string of the molecule is Cc1cccc(CN2CCN(C(=O)COC(=O)CN3C(=O)c4ccccc4S3(=O)=O)CC2)c1. The Bertz CT molecular complexity index is 1190. The van der Waals surface area contributed by atoms with Crippen LogP contribution in [0.15, 0.2) is 53.4 Å². The van der Waals surface area contributed by atoms with E-state index in [2.05, 4.69) is 30.0 Å². The Kier molecular flexibility index (Phi) is 6.48. The van der Waals surface area contributed by atoms with Crippen LogP contribution in [0.3, 0.4) is 0 Å². The lowest BCUT2D eigenvalue weighted by molar-refractivity contribution is -0.152. The van der Waals surface area contributed by atoms with Gasteiger partial charge in [-0.05, 0) is 24.6 Å². The van der Waals surface area contributed by atoms with E-state index in [4.69, 9.17) is 4.74 Å². The topological polar surface area (TPSA) is 104 Å². The fourth-order valence-corrected chi connectivity index (χ4v) is 5.52. The lowest BCUT2D eigenvalue weighted by Gasteiger charge is -2.34. The van der Waals surface area contributed by atoms with Gasteiger partial charge in [0.25, 0.3) is 21.8 Å². The van der Waals surface area contributed by atoms with Crippen LogP contribution in [0.2, 0.25) is 0 Å². The van der Waals surface area contributed by atoms with Crippen LogP contribution in [-0.4, -0.2) is 79.6 Å². The number of amides is 2. The summed E-state index contributed by atoms with van der Waals surface area (Å²) in [5.74, 6) is -2.08. The van der Waals surface area contributed by atoms with Gasteiger partial charge in [-0.3, -0.25) is 19.3 Å². The van der Waals surface area contributed by atoms with Crippen molar-refractivity contribution in [1.29, 1.82) is 0 Å². The van der Waals surface area contributed by atoms with Crippen molar-refractivity contribution in [3.8, 4) is 0 Å². The van der Waals surface area contributed by atoms with Gasteiger partial charge in [0.2, 0.25) is 0 Å². The minimum Gasteiger partial charge on any atom is -0.454 e. The first kappa shape index (κ1) is 22.9. The first-order chi connectivity index (χ1) is 15.8. The van der Waals surface area contributed by atoms with Crippen molar-refractivity contribution in [2.24, 2.45) is 0 Å². The van der Waals surface area contributed by atoms with Gasteiger partial charge in [0, 0.05) is 32.7 Å². The van der Waals surface area contributed by atoms with E-state index in [-0.39, 0.29) is 16.4 Å². The molecule has 2 heterocycles. The highest BCUT2D eigenvalue weighted by molar-refractivity contribution is 7.90. The number of ether oxygens (including phenoxy) is 1. The zero-order valence-corrected chi connectivity index (χ0v) is 19.1. The second kappa shape index (κ2) is 9.32. The number of benzene rings is 2. The highest BCUT2D eigenvalue weighted by Crippen LogP contribution is 2.29. The van der Waals surface area contributed by atoms with Crippen molar-refractivity contribution < 1.29 is 27.5 Å². The van der Waals surface area contributed by atoms with E-state index in [0.29, 0.717) is 30.5 Å². The Hall–Kier alpha value is -3.24. The van der Waals surface area contributed by atoms with Crippen LogP contribution in [0.4, 0.5) is 0 Å². The molecule has 4 rings (SSSR count). The van der Waals surface area contributed by atoms with E-state index in [1.165, 1.54) is 29.3 Å². The molecule has 2 aromatic rings. The highest BCUT2D eigenvalue weighted by atomic mass is 32.2. The minimum absolute atomic E-state index is 0.0184. The van der Waals surface area contributed by atoms with E-state index in [1.54, 1.807) is 11.0 Å². The summed E-state index contributed by atoms with van der Waals surface area (Å²) in [7, 11) is -4.10. The first-order valence-corrected chi connectivity index (χ1v) is 12.1. The maximum atomic E-state index is 12.5. The molecule has 33 heavy (non-hydrogen) atoms. The van der Waals surface area contributed by atoms with Gasteiger partial charge < -0.3 is 9.64 Å². The predicted molar refractivity (Wildman–Crippen MR) is 119 cm³/mol. The molecule has 2 aliphatic heterocycles. The average Bonchev–Trinajstić information content (AvgIpc) is 2.99. The molecule has 0 bridgehead atoms. The monoisotopic (exact) mass is 471 g/mol.